The molecule has 1 saturated carbocycles. The van der Waals surface area contributed by atoms with Crippen LogP contribution in [0.15, 0.2) is 0 Å². The first kappa shape index (κ1) is 16.5. The molecule has 23 heavy (non-hydrogen) atoms. The minimum absolute atomic E-state index is 0.0674. The molecule has 0 aromatic carbocycles. The van der Waals surface area contributed by atoms with Gasteiger partial charge in [-0.1, -0.05) is 32.6 Å². The van der Waals surface area contributed by atoms with Crippen molar-refractivity contribution in [2.24, 2.45) is 17.6 Å². The highest BCUT2D eigenvalue weighted by Gasteiger charge is 2.29. The van der Waals surface area contributed by atoms with Crippen molar-refractivity contribution in [3.05, 3.63) is 16.0 Å². The van der Waals surface area contributed by atoms with Gasteiger partial charge in [-0.25, -0.2) is 0 Å². The summed E-state index contributed by atoms with van der Waals surface area (Å²) in [6.45, 7) is 2.21. The number of hydrogen-bond donors (Lipinski definition) is 2. The molecular weight excluding hydrogens is 308 g/mol. The molecule has 0 bridgehead atoms. The van der Waals surface area contributed by atoms with Gasteiger partial charge in [-0.2, -0.15) is 0 Å². The van der Waals surface area contributed by atoms with Gasteiger partial charge in [0.15, 0.2) is 0 Å². The van der Waals surface area contributed by atoms with E-state index in [2.05, 4.69) is 12.2 Å². The second-order valence-corrected chi connectivity index (χ2v) is 8.02. The van der Waals surface area contributed by atoms with Crippen LogP contribution in [0.2, 0.25) is 0 Å². The Bertz CT molecular complexity index is 602. The zero-order chi connectivity index (χ0) is 16.4. The first-order chi connectivity index (χ1) is 11.1. The van der Waals surface area contributed by atoms with E-state index in [1.807, 2.05) is 0 Å². The maximum Gasteiger partial charge on any atom is 0.251 e. The number of primary amides is 1. The topological polar surface area (TPSA) is 72.2 Å². The van der Waals surface area contributed by atoms with Gasteiger partial charge in [-0.3, -0.25) is 9.59 Å². The normalized spacial score (nSPS) is 21.7. The van der Waals surface area contributed by atoms with Gasteiger partial charge in [0.2, 0.25) is 5.91 Å². The van der Waals surface area contributed by atoms with Crippen molar-refractivity contribution in [2.75, 3.05) is 5.32 Å². The minimum atomic E-state index is -0.406. The standard InChI is InChI=1S/C18H26N2O2S/c1-2-11-8-9-13-14(10-11)23-18(15(13)16(19)21)20-17(22)12-6-4-3-5-7-12/h11-12H,2-10H2,1H3,(H2,19,21)(H,20,22)/t11-/m1/s1. The molecule has 0 spiro atoms. The molecule has 2 amide bonds. The summed E-state index contributed by atoms with van der Waals surface area (Å²) in [6, 6.07) is 0. The van der Waals surface area contributed by atoms with Gasteiger partial charge in [0.25, 0.3) is 5.91 Å². The lowest BCUT2D eigenvalue weighted by Crippen LogP contribution is -2.26. The van der Waals surface area contributed by atoms with Gasteiger partial charge >= 0.3 is 0 Å². The molecule has 1 fully saturated rings. The van der Waals surface area contributed by atoms with Crippen LogP contribution in [-0.4, -0.2) is 11.8 Å². The zero-order valence-corrected chi connectivity index (χ0v) is 14.6. The summed E-state index contributed by atoms with van der Waals surface area (Å²) >= 11 is 1.57. The van der Waals surface area contributed by atoms with Crippen LogP contribution in [0.25, 0.3) is 0 Å². The summed E-state index contributed by atoms with van der Waals surface area (Å²) in [5.74, 6) is 0.435. The van der Waals surface area contributed by atoms with Gasteiger partial charge in [-0.05, 0) is 43.6 Å². The number of carbonyl (C=O) groups is 2. The van der Waals surface area contributed by atoms with E-state index in [0.717, 1.165) is 56.9 Å². The van der Waals surface area contributed by atoms with Crippen LogP contribution < -0.4 is 11.1 Å². The van der Waals surface area contributed by atoms with Crippen LogP contribution in [0.4, 0.5) is 5.00 Å². The van der Waals surface area contributed by atoms with Crippen LogP contribution in [0.5, 0.6) is 0 Å². The van der Waals surface area contributed by atoms with E-state index in [4.69, 9.17) is 5.73 Å². The summed E-state index contributed by atoms with van der Waals surface area (Å²) in [5.41, 5.74) is 7.28. The Morgan fingerprint density at radius 1 is 1.22 bits per heavy atom. The fourth-order valence-corrected chi connectivity index (χ4v) is 5.30. The lowest BCUT2D eigenvalue weighted by molar-refractivity contribution is -0.120. The molecule has 1 aromatic rings. The first-order valence-corrected chi connectivity index (χ1v) is 9.67. The summed E-state index contributed by atoms with van der Waals surface area (Å²) in [7, 11) is 0. The summed E-state index contributed by atoms with van der Waals surface area (Å²) in [5, 5.41) is 3.72. The number of nitrogens with one attached hydrogen (secondary N) is 1. The number of carbonyl (C=O) groups excluding carboxylic acids is 2. The Morgan fingerprint density at radius 2 is 1.96 bits per heavy atom. The van der Waals surface area contributed by atoms with Crippen molar-refractivity contribution in [1.82, 2.24) is 0 Å². The van der Waals surface area contributed by atoms with Gasteiger partial charge in [-0.15, -0.1) is 11.3 Å². The fraction of sp³-hybridized carbons (Fsp3) is 0.667. The van der Waals surface area contributed by atoms with Crippen LogP contribution in [-0.2, 0) is 17.6 Å². The number of anilines is 1. The van der Waals surface area contributed by atoms with Crippen LogP contribution in [0.3, 0.4) is 0 Å². The smallest absolute Gasteiger partial charge is 0.251 e. The van der Waals surface area contributed by atoms with E-state index in [1.54, 1.807) is 11.3 Å². The first-order valence-electron chi connectivity index (χ1n) is 8.85. The highest BCUT2D eigenvalue weighted by atomic mass is 32.1. The number of hydrogen-bond acceptors (Lipinski definition) is 3. The third-order valence-electron chi connectivity index (χ3n) is 5.40. The monoisotopic (exact) mass is 334 g/mol. The van der Waals surface area contributed by atoms with E-state index >= 15 is 0 Å². The molecule has 1 heterocycles. The van der Waals surface area contributed by atoms with Crippen molar-refractivity contribution < 1.29 is 9.59 Å². The average Bonchev–Trinajstić information content (AvgIpc) is 2.92. The van der Waals surface area contributed by atoms with Gasteiger partial charge < -0.3 is 11.1 Å². The van der Waals surface area contributed by atoms with Gasteiger partial charge in [0.1, 0.15) is 5.00 Å². The molecule has 0 radical (unpaired) electrons. The maximum atomic E-state index is 12.5. The lowest BCUT2D eigenvalue weighted by Gasteiger charge is -2.21. The summed E-state index contributed by atoms with van der Waals surface area (Å²) in [6.07, 6.45) is 9.57. The number of fused-ring (bicyclic) bond motifs is 1. The molecule has 2 aliphatic rings. The molecule has 0 saturated heterocycles. The highest BCUT2D eigenvalue weighted by molar-refractivity contribution is 7.17. The molecule has 0 aliphatic heterocycles. The highest BCUT2D eigenvalue weighted by Crippen LogP contribution is 2.40. The van der Waals surface area contributed by atoms with E-state index in [1.165, 1.54) is 11.3 Å². The summed E-state index contributed by atoms with van der Waals surface area (Å²) < 4.78 is 0. The molecule has 5 heteroatoms. The average molecular weight is 334 g/mol. The van der Waals surface area contributed by atoms with Crippen molar-refractivity contribution in [1.29, 1.82) is 0 Å². The Kier molecular flexibility index (Phi) is 5.05. The number of thiophene rings is 1. The quantitative estimate of drug-likeness (QED) is 0.877. The molecule has 2 aliphatic carbocycles. The van der Waals surface area contributed by atoms with Crippen LogP contribution in [0.1, 0.15) is 72.7 Å². The van der Waals surface area contributed by atoms with Crippen molar-refractivity contribution in [2.45, 2.75) is 64.7 Å². The van der Waals surface area contributed by atoms with E-state index in [0.29, 0.717) is 16.5 Å². The van der Waals surface area contributed by atoms with Gasteiger partial charge in [0.05, 0.1) is 5.56 Å². The Hall–Kier alpha value is -1.36. The molecule has 1 atom stereocenters. The molecule has 4 nitrogen and oxygen atoms in total. The van der Waals surface area contributed by atoms with E-state index in [-0.39, 0.29) is 11.8 Å². The number of rotatable bonds is 4. The van der Waals surface area contributed by atoms with Crippen molar-refractivity contribution in [3.8, 4) is 0 Å². The third-order valence-corrected chi connectivity index (χ3v) is 6.57. The number of amides is 2. The van der Waals surface area contributed by atoms with Gasteiger partial charge in [0, 0.05) is 10.8 Å². The Balaban J connectivity index is 1.82. The van der Waals surface area contributed by atoms with Crippen molar-refractivity contribution in [3.63, 3.8) is 0 Å². The predicted molar refractivity (Wildman–Crippen MR) is 93.8 cm³/mol. The molecular formula is C18H26N2O2S. The predicted octanol–water partition coefficient (Wildman–Crippen LogP) is 3.88. The zero-order valence-electron chi connectivity index (χ0n) is 13.8. The SMILES string of the molecule is CC[C@@H]1CCc2c(sc(NC(=O)C3CCCCC3)c2C(N)=O)C1. The third kappa shape index (κ3) is 3.44. The molecule has 0 unspecified atom stereocenters. The van der Waals surface area contributed by atoms with Crippen LogP contribution in [0, 0.1) is 11.8 Å². The molecule has 3 N–H and O–H groups in total. The Morgan fingerprint density at radius 3 is 2.61 bits per heavy atom. The van der Waals surface area contributed by atoms with Crippen molar-refractivity contribution >= 4 is 28.2 Å². The number of nitrogens with two attached hydrogens (primary N) is 1. The minimum Gasteiger partial charge on any atom is -0.365 e. The fourth-order valence-electron chi connectivity index (χ4n) is 3.93. The van der Waals surface area contributed by atoms with E-state index in [9.17, 15) is 9.59 Å². The molecule has 3 rings (SSSR count). The summed E-state index contributed by atoms with van der Waals surface area (Å²) in [4.78, 5) is 25.7. The second-order valence-electron chi connectivity index (χ2n) is 6.91. The van der Waals surface area contributed by atoms with Crippen LogP contribution >= 0.6 is 11.3 Å². The Labute approximate surface area is 141 Å². The molecule has 126 valence electrons. The lowest BCUT2D eigenvalue weighted by atomic mass is 9.85. The second kappa shape index (κ2) is 7.04. The largest absolute Gasteiger partial charge is 0.365 e. The van der Waals surface area contributed by atoms with E-state index < -0.39 is 5.91 Å². The maximum absolute atomic E-state index is 12.5. The molecule has 1 aromatic heterocycles.